The van der Waals surface area contributed by atoms with Gasteiger partial charge in [0.25, 0.3) is 0 Å². The lowest BCUT2D eigenvalue weighted by molar-refractivity contribution is -0.128. The van der Waals surface area contributed by atoms with Gasteiger partial charge in [-0.1, -0.05) is 49.9 Å². The summed E-state index contributed by atoms with van der Waals surface area (Å²) in [5.74, 6) is -0.345. The first-order valence-corrected chi connectivity index (χ1v) is 12.5. The van der Waals surface area contributed by atoms with Crippen molar-refractivity contribution in [2.24, 2.45) is 0 Å². The van der Waals surface area contributed by atoms with Gasteiger partial charge in [0.15, 0.2) is 0 Å². The maximum atomic E-state index is 13.5. The SMILES string of the molecule is Cc1[nH]c(=O)ccc1-c1ccc(C[C@@H](C#N)NC(=O)C2(NC(=O)OC(C)(C)C)CCCCCC2)cc1. The van der Waals surface area contributed by atoms with Gasteiger partial charge in [-0.2, -0.15) is 5.26 Å². The number of aryl methyl sites for hydroxylation is 1. The first-order chi connectivity index (χ1) is 17.0. The van der Waals surface area contributed by atoms with Crippen molar-refractivity contribution in [3.8, 4) is 17.2 Å². The van der Waals surface area contributed by atoms with E-state index in [1.807, 2.05) is 31.2 Å². The summed E-state index contributed by atoms with van der Waals surface area (Å²) in [5.41, 5.74) is 1.62. The Labute approximate surface area is 212 Å². The van der Waals surface area contributed by atoms with Crippen LogP contribution in [0.5, 0.6) is 0 Å². The average Bonchev–Trinajstić information content (AvgIpc) is 3.04. The smallest absolute Gasteiger partial charge is 0.408 e. The van der Waals surface area contributed by atoms with Gasteiger partial charge >= 0.3 is 6.09 Å². The first-order valence-electron chi connectivity index (χ1n) is 12.5. The van der Waals surface area contributed by atoms with Crippen molar-refractivity contribution in [1.82, 2.24) is 15.6 Å². The Morgan fingerprint density at radius 1 is 1.08 bits per heavy atom. The lowest BCUT2D eigenvalue weighted by atomic mass is 9.88. The van der Waals surface area contributed by atoms with Crippen LogP contribution in [0.25, 0.3) is 11.1 Å². The molecule has 1 aromatic heterocycles. The number of nitrogens with one attached hydrogen (secondary N) is 3. The lowest BCUT2D eigenvalue weighted by Crippen LogP contribution is -2.60. The highest BCUT2D eigenvalue weighted by Crippen LogP contribution is 2.28. The average molecular weight is 493 g/mol. The normalized spacial score (nSPS) is 16.2. The molecule has 0 unspecified atom stereocenters. The largest absolute Gasteiger partial charge is 0.444 e. The molecular formula is C28H36N4O4. The lowest BCUT2D eigenvalue weighted by Gasteiger charge is -2.34. The number of carbonyl (C=O) groups is 2. The van der Waals surface area contributed by atoms with Crippen molar-refractivity contribution in [2.75, 3.05) is 0 Å². The minimum Gasteiger partial charge on any atom is -0.444 e. The second-order valence-corrected chi connectivity index (χ2v) is 10.5. The van der Waals surface area contributed by atoms with Crippen molar-refractivity contribution in [1.29, 1.82) is 5.26 Å². The summed E-state index contributed by atoms with van der Waals surface area (Å²) in [5, 5.41) is 15.5. The van der Waals surface area contributed by atoms with Crippen LogP contribution >= 0.6 is 0 Å². The van der Waals surface area contributed by atoms with Gasteiger partial charge in [0.2, 0.25) is 11.5 Å². The van der Waals surface area contributed by atoms with Crippen LogP contribution in [0.15, 0.2) is 41.2 Å². The van der Waals surface area contributed by atoms with Crippen molar-refractivity contribution in [3.63, 3.8) is 0 Å². The zero-order valence-corrected chi connectivity index (χ0v) is 21.6. The summed E-state index contributed by atoms with van der Waals surface area (Å²) in [6, 6.07) is 12.4. The molecule has 1 atom stereocenters. The van der Waals surface area contributed by atoms with E-state index in [4.69, 9.17) is 4.74 Å². The second-order valence-electron chi connectivity index (χ2n) is 10.5. The molecule has 1 aromatic carbocycles. The predicted octanol–water partition coefficient (Wildman–Crippen LogP) is 4.52. The van der Waals surface area contributed by atoms with Crippen LogP contribution in [0.3, 0.4) is 0 Å². The third-order valence-electron chi connectivity index (χ3n) is 6.41. The minimum absolute atomic E-state index is 0.145. The summed E-state index contributed by atoms with van der Waals surface area (Å²) in [6.45, 7) is 7.19. The van der Waals surface area contributed by atoms with Crippen LogP contribution in [0.4, 0.5) is 4.79 Å². The van der Waals surface area contributed by atoms with Crippen molar-refractivity contribution in [3.05, 3.63) is 58.0 Å². The Bertz CT molecular complexity index is 1160. The molecule has 192 valence electrons. The summed E-state index contributed by atoms with van der Waals surface area (Å²) in [6.07, 6.45) is 4.32. The fraction of sp³-hybridized carbons (Fsp3) is 0.500. The number of nitriles is 1. The van der Waals surface area contributed by atoms with Gasteiger partial charge in [-0.15, -0.1) is 0 Å². The minimum atomic E-state index is -1.10. The van der Waals surface area contributed by atoms with Crippen LogP contribution in [0, 0.1) is 18.3 Å². The molecule has 0 bridgehead atoms. The van der Waals surface area contributed by atoms with Gasteiger partial charge in [-0.05, 0) is 57.7 Å². The molecule has 1 aliphatic carbocycles. The topological polar surface area (TPSA) is 124 Å². The molecule has 8 heteroatoms. The van der Waals surface area contributed by atoms with Crippen molar-refractivity contribution < 1.29 is 14.3 Å². The number of H-pyrrole nitrogens is 1. The molecule has 3 rings (SSSR count). The standard InChI is InChI=1S/C28H36N4O4/c1-19-23(13-14-24(33)30-19)21-11-9-20(10-12-21)17-22(18-29)31-25(34)28(15-7-5-6-8-16-28)32-26(35)36-27(2,3)4/h9-14,22H,5-8,15-17H2,1-4H3,(H,30,33)(H,31,34)(H,32,35)/t22-/m0/s1. The first kappa shape index (κ1) is 27.0. The number of nitrogens with zero attached hydrogens (tertiary/aromatic N) is 1. The van der Waals surface area contributed by atoms with Crippen LogP contribution in [-0.4, -0.2) is 34.2 Å². The van der Waals surface area contributed by atoms with E-state index in [9.17, 15) is 19.6 Å². The zero-order chi connectivity index (χ0) is 26.3. The van der Waals surface area contributed by atoms with Gasteiger partial charge in [-0.25, -0.2) is 4.79 Å². The Hall–Kier alpha value is -3.60. The van der Waals surface area contributed by atoms with Gasteiger partial charge < -0.3 is 20.4 Å². The van der Waals surface area contributed by atoms with Crippen LogP contribution in [0.1, 0.15) is 70.6 Å². The van der Waals surface area contributed by atoms with E-state index >= 15 is 0 Å². The van der Waals surface area contributed by atoms with Gasteiger partial charge in [0.05, 0.1) is 6.07 Å². The highest BCUT2D eigenvalue weighted by atomic mass is 16.6. The molecule has 2 aromatic rings. The zero-order valence-electron chi connectivity index (χ0n) is 21.6. The predicted molar refractivity (Wildman–Crippen MR) is 138 cm³/mol. The van der Waals surface area contributed by atoms with E-state index in [1.165, 1.54) is 6.07 Å². The fourth-order valence-corrected chi connectivity index (χ4v) is 4.61. The fourth-order valence-electron chi connectivity index (χ4n) is 4.61. The number of benzene rings is 1. The Morgan fingerprint density at radius 3 is 2.28 bits per heavy atom. The van der Waals surface area contributed by atoms with E-state index in [0.717, 1.165) is 48.1 Å². The number of hydrogen-bond acceptors (Lipinski definition) is 5. The van der Waals surface area contributed by atoms with Crippen LogP contribution in [0.2, 0.25) is 0 Å². The van der Waals surface area contributed by atoms with E-state index < -0.39 is 23.3 Å². The molecule has 1 heterocycles. The van der Waals surface area contributed by atoms with Crippen molar-refractivity contribution in [2.45, 2.75) is 89.8 Å². The van der Waals surface area contributed by atoms with Crippen LogP contribution < -0.4 is 16.2 Å². The molecule has 8 nitrogen and oxygen atoms in total. The molecule has 0 saturated heterocycles. The van der Waals surface area contributed by atoms with Gasteiger partial charge in [0.1, 0.15) is 17.2 Å². The molecule has 0 spiro atoms. The Kier molecular flexibility index (Phi) is 8.57. The summed E-state index contributed by atoms with van der Waals surface area (Å²) in [7, 11) is 0. The molecule has 1 aliphatic rings. The second kappa shape index (κ2) is 11.4. The summed E-state index contributed by atoms with van der Waals surface area (Å²) >= 11 is 0. The Morgan fingerprint density at radius 2 is 1.72 bits per heavy atom. The number of aromatic amines is 1. The quantitative estimate of drug-likeness (QED) is 0.512. The molecule has 0 aliphatic heterocycles. The molecule has 1 fully saturated rings. The number of aromatic nitrogens is 1. The molecular weight excluding hydrogens is 456 g/mol. The number of alkyl carbamates (subject to hydrolysis) is 1. The molecule has 36 heavy (non-hydrogen) atoms. The van der Waals surface area contributed by atoms with Crippen LogP contribution in [-0.2, 0) is 16.0 Å². The number of amides is 2. The molecule has 3 N–H and O–H groups in total. The number of pyridine rings is 1. The third kappa shape index (κ3) is 7.20. The highest BCUT2D eigenvalue weighted by Gasteiger charge is 2.41. The van der Waals surface area contributed by atoms with E-state index in [2.05, 4.69) is 21.7 Å². The third-order valence-corrected chi connectivity index (χ3v) is 6.41. The Balaban J connectivity index is 1.72. The molecule has 0 radical (unpaired) electrons. The summed E-state index contributed by atoms with van der Waals surface area (Å²) in [4.78, 5) is 40.4. The number of hydrogen-bond donors (Lipinski definition) is 3. The number of ether oxygens (including phenoxy) is 1. The molecule has 1 saturated carbocycles. The maximum absolute atomic E-state index is 13.5. The summed E-state index contributed by atoms with van der Waals surface area (Å²) < 4.78 is 5.43. The van der Waals surface area contributed by atoms with E-state index in [0.29, 0.717) is 19.3 Å². The maximum Gasteiger partial charge on any atom is 0.408 e. The van der Waals surface area contributed by atoms with Gasteiger partial charge in [-0.3, -0.25) is 9.59 Å². The van der Waals surface area contributed by atoms with E-state index in [1.54, 1.807) is 26.8 Å². The monoisotopic (exact) mass is 492 g/mol. The van der Waals surface area contributed by atoms with Gasteiger partial charge in [0, 0.05) is 23.7 Å². The van der Waals surface area contributed by atoms with Crippen molar-refractivity contribution >= 4 is 12.0 Å². The molecule has 2 amide bonds. The highest BCUT2D eigenvalue weighted by molar-refractivity contribution is 5.90. The van der Waals surface area contributed by atoms with E-state index in [-0.39, 0.29) is 11.5 Å². The number of rotatable bonds is 6. The number of carbonyl (C=O) groups excluding carboxylic acids is 2.